The van der Waals surface area contributed by atoms with Gasteiger partial charge in [-0.2, -0.15) is 10.6 Å². The van der Waals surface area contributed by atoms with Crippen LogP contribution in [-0.4, -0.2) is 62.3 Å². The first-order valence-corrected chi connectivity index (χ1v) is 19.7. The second-order valence-electron chi connectivity index (χ2n) is 13.1. The van der Waals surface area contributed by atoms with Crippen molar-refractivity contribution >= 4 is 48.9 Å². The Morgan fingerprint density at radius 3 is 2.37 bits per heavy atom. The number of ether oxygens (including phenoxy) is 1. The minimum Gasteiger partial charge on any atom is -0.491 e. The van der Waals surface area contributed by atoms with Crippen LogP contribution in [-0.2, 0) is 27.8 Å². The van der Waals surface area contributed by atoms with Crippen molar-refractivity contribution in [1.82, 2.24) is 0 Å². The Hall–Kier alpha value is -4.93. The number of furan rings is 1. The Labute approximate surface area is 301 Å². The molecule has 2 heterocycles. The molecule has 15 heteroatoms. The number of rotatable bonds is 12. The molecule has 0 unspecified atom stereocenters. The third kappa shape index (κ3) is 7.78. The van der Waals surface area contributed by atoms with Crippen LogP contribution in [0.1, 0.15) is 35.1 Å². The van der Waals surface area contributed by atoms with Crippen molar-refractivity contribution in [3.63, 3.8) is 0 Å². The highest BCUT2D eigenvalue weighted by Crippen LogP contribution is 2.47. The van der Waals surface area contributed by atoms with Crippen molar-refractivity contribution in [2.75, 3.05) is 22.4 Å². The summed E-state index contributed by atoms with van der Waals surface area (Å²) in [6, 6.07) is 20.6. The van der Waals surface area contributed by atoms with Crippen molar-refractivity contribution in [3.05, 3.63) is 117 Å². The summed E-state index contributed by atoms with van der Waals surface area (Å²) < 4.78 is 61.2. The van der Waals surface area contributed by atoms with Gasteiger partial charge in [-0.05, 0) is 90.9 Å². The van der Waals surface area contributed by atoms with Gasteiger partial charge in [-0.25, -0.2) is 8.42 Å². The number of nitro groups is 1. The lowest BCUT2D eigenvalue weighted by Crippen LogP contribution is -2.42. The summed E-state index contributed by atoms with van der Waals surface area (Å²) in [7, 11) is -7.20. The van der Waals surface area contributed by atoms with Gasteiger partial charge in [0.25, 0.3) is 15.7 Å². The monoisotopic (exact) mass is 750 g/mol. The van der Waals surface area contributed by atoms with Gasteiger partial charge in [0.05, 0.1) is 29.8 Å². The SMILES string of the molecule is Cc1cc(OCC2(O)CCS(O)(O)CC2)cc(C)c1-c1cccc(CN(c2ccc3c(CC(=O)O)coc3c2)S(=O)(=O)c2ccccc2[N+](=O)[O-])c1. The third-order valence-corrected chi connectivity index (χ3v) is 12.8. The molecule has 1 fully saturated rings. The van der Waals surface area contributed by atoms with Crippen LogP contribution in [0.4, 0.5) is 11.4 Å². The quantitative estimate of drug-likeness (QED) is 0.0736. The molecule has 6 rings (SSSR count). The smallest absolute Gasteiger partial charge is 0.307 e. The molecule has 0 spiro atoms. The van der Waals surface area contributed by atoms with E-state index in [9.17, 15) is 42.6 Å². The van der Waals surface area contributed by atoms with Gasteiger partial charge in [0, 0.05) is 34.6 Å². The maximum absolute atomic E-state index is 14.3. The lowest BCUT2D eigenvalue weighted by Gasteiger charge is -2.43. The van der Waals surface area contributed by atoms with E-state index >= 15 is 0 Å². The number of sulfonamides is 1. The Balaban J connectivity index is 1.33. The average molecular weight is 751 g/mol. The second-order valence-corrected chi connectivity index (χ2v) is 17.4. The number of para-hydroxylation sites is 1. The predicted octanol–water partition coefficient (Wildman–Crippen LogP) is 7.30. The van der Waals surface area contributed by atoms with Crippen LogP contribution in [0.2, 0.25) is 0 Å². The number of aliphatic carboxylic acids is 1. The second kappa shape index (κ2) is 14.2. The number of hydrogen-bond donors (Lipinski definition) is 4. The number of carboxylic acids is 1. The van der Waals surface area contributed by atoms with Gasteiger partial charge >= 0.3 is 5.97 Å². The summed E-state index contributed by atoms with van der Waals surface area (Å²) >= 11 is 0. The lowest BCUT2D eigenvalue weighted by molar-refractivity contribution is -0.387. The maximum atomic E-state index is 14.3. The van der Waals surface area contributed by atoms with Gasteiger partial charge in [0.1, 0.15) is 23.5 Å². The number of anilines is 1. The summed E-state index contributed by atoms with van der Waals surface area (Å²) in [6.07, 6.45) is 1.47. The average Bonchev–Trinajstić information content (AvgIpc) is 3.49. The Morgan fingerprint density at radius 2 is 1.69 bits per heavy atom. The molecule has 4 N–H and O–H groups in total. The normalized spacial score (nSPS) is 15.9. The number of benzene rings is 4. The lowest BCUT2D eigenvalue weighted by atomic mass is 9.94. The minimum atomic E-state index is -4.54. The first-order valence-electron chi connectivity index (χ1n) is 16.3. The molecule has 1 aromatic heterocycles. The van der Waals surface area contributed by atoms with Crippen LogP contribution >= 0.6 is 10.6 Å². The molecule has 13 nitrogen and oxygen atoms in total. The number of fused-ring (bicyclic) bond motifs is 1. The van der Waals surface area contributed by atoms with E-state index in [1.807, 2.05) is 38.1 Å². The zero-order valence-corrected chi connectivity index (χ0v) is 30.0. The molecule has 0 saturated carbocycles. The number of carboxylic acid groups (broad SMARTS) is 1. The van der Waals surface area contributed by atoms with Gasteiger partial charge in [-0.15, -0.1) is 0 Å². The number of hydrogen-bond acceptors (Lipinski definition) is 10. The standard InChI is InChI=1S/C37H38N2O11S2/c1-24-16-30(50-23-37(42)12-14-51(45,46)15-13-37)17-25(2)36(24)27-7-5-6-26(18-27)21-38(52(47,48)34-9-4-3-8-32(34)39(43)44)29-10-11-31-28(19-35(40)41)22-49-33(31)20-29/h3-11,16-18,20,22,42,45-46H,12-15,19,21,23H2,1-2H3,(H,40,41). The number of nitro benzene ring substituents is 1. The molecule has 4 aromatic carbocycles. The minimum absolute atomic E-state index is 0.00475. The summed E-state index contributed by atoms with van der Waals surface area (Å²) in [4.78, 5) is 22.0. The molecule has 52 heavy (non-hydrogen) atoms. The third-order valence-electron chi connectivity index (χ3n) is 9.24. The first-order chi connectivity index (χ1) is 24.5. The van der Waals surface area contributed by atoms with E-state index in [0.717, 1.165) is 32.6 Å². The molecule has 1 aliphatic heterocycles. The molecule has 1 aliphatic rings. The van der Waals surface area contributed by atoms with Crippen molar-refractivity contribution in [3.8, 4) is 16.9 Å². The van der Waals surface area contributed by atoms with Crippen LogP contribution < -0.4 is 9.04 Å². The van der Waals surface area contributed by atoms with E-state index in [-0.39, 0.29) is 55.2 Å². The molecule has 0 amide bonds. The van der Waals surface area contributed by atoms with Crippen molar-refractivity contribution in [1.29, 1.82) is 0 Å². The zero-order valence-electron chi connectivity index (χ0n) is 28.4. The number of aryl methyl sites for hydroxylation is 2. The highest BCUT2D eigenvalue weighted by atomic mass is 32.3. The molecular weight excluding hydrogens is 713 g/mol. The Bertz CT molecular complexity index is 2250. The fourth-order valence-electron chi connectivity index (χ4n) is 6.54. The predicted molar refractivity (Wildman–Crippen MR) is 198 cm³/mol. The van der Waals surface area contributed by atoms with Gasteiger partial charge in [-0.1, -0.05) is 30.3 Å². The van der Waals surface area contributed by atoms with Crippen LogP contribution in [0.3, 0.4) is 0 Å². The first kappa shape index (κ1) is 36.8. The Morgan fingerprint density at radius 1 is 1.00 bits per heavy atom. The number of aliphatic hydroxyl groups is 1. The molecule has 0 atom stereocenters. The van der Waals surface area contributed by atoms with E-state index in [2.05, 4.69) is 0 Å². The number of carbonyl (C=O) groups is 1. The molecule has 0 bridgehead atoms. The summed E-state index contributed by atoms with van der Waals surface area (Å²) in [5.74, 6) is -0.248. The van der Waals surface area contributed by atoms with Gasteiger partial charge in [0.2, 0.25) is 0 Å². The van der Waals surface area contributed by atoms with Crippen LogP contribution in [0.25, 0.3) is 22.1 Å². The Kier molecular flexibility index (Phi) is 10.1. The van der Waals surface area contributed by atoms with E-state index in [1.54, 1.807) is 18.2 Å². The zero-order chi connectivity index (χ0) is 37.4. The van der Waals surface area contributed by atoms with E-state index < -0.39 is 47.7 Å². The van der Waals surface area contributed by atoms with Crippen molar-refractivity contribution in [2.24, 2.45) is 0 Å². The molecule has 274 valence electrons. The number of nitrogens with zero attached hydrogens (tertiary/aromatic N) is 2. The molecule has 0 radical (unpaired) electrons. The molecule has 5 aromatic rings. The van der Waals surface area contributed by atoms with Crippen LogP contribution in [0.15, 0.2) is 94.4 Å². The highest BCUT2D eigenvalue weighted by molar-refractivity contribution is 8.24. The fourth-order valence-corrected chi connectivity index (χ4v) is 9.76. The van der Waals surface area contributed by atoms with Crippen LogP contribution in [0.5, 0.6) is 5.75 Å². The highest BCUT2D eigenvalue weighted by Gasteiger charge is 2.36. The largest absolute Gasteiger partial charge is 0.491 e. The summed E-state index contributed by atoms with van der Waals surface area (Å²) in [5.41, 5.74) is 3.07. The van der Waals surface area contributed by atoms with Crippen LogP contribution in [0, 0.1) is 24.0 Å². The molecule has 1 saturated heterocycles. The van der Waals surface area contributed by atoms with E-state index in [1.165, 1.54) is 36.6 Å². The molecular formula is C37H38N2O11S2. The molecule has 0 aliphatic carbocycles. The van der Waals surface area contributed by atoms with Gasteiger partial charge in [-0.3, -0.25) is 28.3 Å². The van der Waals surface area contributed by atoms with Gasteiger partial charge < -0.3 is 19.4 Å². The van der Waals surface area contributed by atoms with Crippen molar-refractivity contribution < 1.29 is 46.6 Å². The van der Waals surface area contributed by atoms with E-state index in [0.29, 0.717) is 22.3 Å². The van der Waals surface area contributed by atoms with E-state index in [4.69, 9.17) is 9.15 Å². The van der Waals surface area contributed by atoms with Crippen molar-refractivity contribution in [2.45, 2.75) is 50.2 Å². The summed E-state index contributed by atoms with van der Waals surface area (Å²) in [5, 5.41) is 32.7. The maximum Gasteiger partial charge on any atom is 0.307 e. The van der Waals surface area contributed by atoms with Gasteiger partial charge in [0.15, 0.2) is 4.90 Å². The fraction of sp³-hybridized carbons (Fsp3) is 0.270. The topological polar surface area (TPSA) is 201 Å². The summed E-state index contributed by atoms with van der Waals surface area (Å²) in [6.45, 7) is 3.62.